The van der Waals surface area contributed by atoms with E-state index >= 15 is 0 Å². The minimum atomic E-state index is -0.0246. The number of methoxy groups -OCH3 is 1. The van der Waals surface area contributed by atoms with Crippen molar-refractivity contribution in [3.63, 3.8) is 0 Å². The Morgan fingerprint density at radius 3 is 2.65 bits per heavy atom. The molecule has 0 radical (unpaired) electrons. The molecular weight excluding hydrogens is 328 g/mol. The molecule has 5 nitrogen and oxygen atoms in total. The molecule has 142 valence electrons. The summed E-state index contributed by atoms with van der Waals surface area (Å²) in [7, 11) is 1.65. The molecule has 26 heavy (non-hydrogen) atoms. The van der Waals surface area contributed by atoms with Gasteiger partial charge in [0.05, 0.1) is 19.3 Å². The Hall–Kier alpha value is -2.01. The first-order valence-corrected chi connectivity index (χ1v) is 9.71. The van der Waals surface area contributed by atoms with Gasteiger partial charge >= 0.3 is 0 Å². The van der Waals surface area contributed by atoms with Gasteiger partial charge in [-0.25, -0.2) is 0 Å². The summed E-state index contributed by atoms with van der Waals surface area (Å²) < 4.78 is 7.78. The summed E-state index contributed by atoms with van der Waals surface area (Å²) >= 11 is 0. The van der Waals surface area contributed by atoms with Gasteiger partial charge in [-0.2, -0.15) is 0 Å². The summed E-state index contributed by atoms with van der Waals surface area (Å²) in [6.45, 7) is 4.92. The number of benzene rings is 1. The summed E-state index contributed by atoms with van der Waals surface area (Å²) in [6, 6.07) is 6.48. The molecule has 1 saturated carbocycles. The molecule has 1 N–H and O–H groups in total. The number of nitrogens with zero attached hydrogens (tertiary/aromatic N) is 2. The highest BCUT2D eigenvalue weighted by Gasteiger charge is 2.27. The number of carbonyl (C=O) groups is 1. The second-order valence-electron chi connectivity index (χ2n) is 7.11. The van der Waals surface area contributed by atoms with Crippen LogP contribution in [0.1, 0.15) is 61.1 Å². The van der Waals surface area contributed by atoms with E-state index in [0.717, 1.165) is 27.9 Å². The molecule has 0 bridgehead atoms. The molecule has 5 heteroatoms. The van der Waals surface area contributed by atoms with Gasteiger partial charge in [-0.3, -0.25) is 4.79 Å². The van der Waals surface area contributed by atoms with Gasteiger partial charge in [0.25, 0.3) is 5.91 Å². The van der Waals surface area contributed by atoms with E-state index in [-0.39, 0.29) is 12.5 Å². The molecule has 0 saturated heterocycles. The predicted molar refractivity (Wildman–Crippen MR) is 104 cm³/mol. The number of hydrogen-bond acceptors (Lipinski definition) is 3. The molecule has 3 rings (SSSR count). The third kappa shape index (κ3) is 3.32. The van der Waals surface area contributed by atoms with Gasteiger partial charge < -0.3 is 19.3 Å². The van der Waals surface area contributed by atoms with Crippen LogP contribution in [0.3, 0.4) is 0 Å². The zero-order valence-corrected chi connectivity index (χ0v) is 16.1. The Kier molecular flexibility index (Phi) is 5.87. The molecule has 1 heterocycles. The number of amides is 1. The highest BCUT2D eigenvalue weighted by molar-refractivity contribution is 6.08. The average molecular weight is 358 g/mol. The lowest BCUT2D eigenvalue weighted by molar-refractivity contribution is 0.0732. The minimum Gasteiger partial charge on any atom is -0.497 e. The Balaban J connectivity index is 2.17. The maximum atomic E-state index is 13.3. The first kappa shape index (κ1) is 18.8. The number of ether oxygens (including phenoxy) is 1. The van der Waals surface area contributed by atoms with Crippen molar-refractivity contribution < 1.29 is 14.6 Å². The lowest BCUT2D eigenvalue weighted by atomic mass is 9.95. The fourth-order valence-electron chi connectivity index (χ4n) is 4.31. The average Bonchev–Trinajstić information content (AvgIpc) is 2.97. The molecule has 0 atom stereocenters. The highest BCUT2D eigenvalue weighted by atomic mass is 16.5. The third-order valence-electron chi connectivity index (χ3n) is 5.65. The van der Waals surface area contributed by atoms with E-state index in [1.54, 1.807) is 12.0 Å². The largest absolute Gasteiger partial charge is 0.497 e. The number of aliphatic hydroxyl groups is 1. The van der Waals surface area contributed by atoms with Crippen LogP contribution < -0.4 is 4.74 Å². The van der Waals surface area contributed by atoms with E-state index in [9.17, 15) is 9.90 Å². The van der Waals surface area contributed by atoms with E-state index in [2.05, 4.69) is 17.6 Å². The van der Waals surface area contributed by atoms with E-state index in [1.165, 1.54) is 32.1 Å². The lowest BCUT2D eigenvalue weighted by Crippen LogP contribution is -2.33. The molecule has 2 aromatic rings. The molecule has 1 aliphatic rings. The van der Waals surface area contributed by atoms with E-state index < -0.39 is 0 Å². The van der Waals surface area contributed by atoms with Gasteiger partial charge in [-0.1, -0.05) is 19.3 Å². The SMILES string of the molecule is CCN(CCO)C(=O)c1c(C)n(C2CCCCC2)c2ccc(OC)cc12. The van der Waals surface area contributed by atoms with Crippen LogP contribution in [0.25, 0.3) is 10.9 Å². The number of rotatable bonds is 6. The Labute approximate surface area is 155 Å². The second-order valence-corrected chi connectivity index (χ2v) is 7.11. The molecule has 0 aliphatic heterocycles. The van der Waals surface area contributed by atoms with Gasteiger partial charge in [0.15, 0.2) is 0 Å². The lowest BCUT2D eigenvalue weighted by Gasteiger charge is -2.26. The first-order chi connectivity index (χ1) is 12.6. The van der Waals surface area contributed by atoms with Crippen LogP contribution in [0.4, 0.5) is 0 Å². The van der Waals surface area contributed by atoms with Crippen molar-refractivity contribution in [1.82, 2.24) is 9.47 Å². The van der Waals surface area contributed by atoms with Crippen molar-refractivity contribution >= 4 is 16.8 Å². The van der Waals surface area contributed by atoms with Crippen LogP contribution >= 0.6 is 0 Å². The first-order valence-electron chi connectivity index (χ1n) is 9.71. The van der Waals surface area contributed by atoms with Crippen LogP contribution in [0.5, 0.6) is 5.75 Å². The number of fused-ring (bicyclic) bond motifs is 1. The molecule has 1 aromatic heterocycles. The summed E-state index contributed by atoms with van der Waals surface area (Å²) in [5.41, 5.74) is 2.89. The van der Waals surface area contributed by atoms with Crippen LogP contribution in [0, 0.1) is 6.92 Å². The summed E-state index contributed by atoms with van der Waals surface area (Å²) in [5.74, 6) is 0.754. The van der Waals surface area contributed by atoms with Gasteiger partial charge in [-0.15, -0.1) is 0 Å². The molecule has 0 spiro atoms. The third-order valence-corrected chi connectivity index (χ3v) is 5.65. The summed E-state index contributed by atoms with van der Waals surface area (Å²) in [6.07, 6.45) is 6.12. The van der Waals surface area contributed by atoms with Crippen LogP contribution in [-0.4, -0.2) is 47.3 Å². The quantitative estimate of drug-likeness (QED) is 0.851. The van der Waals surface area contributed by atoms with Crippen LogP contribution in [0.15, 0.2) is 18.2 Å². The fraction of sp³-hybridized carbons (Fsp3) is 0.571. The Morgan fingerprint density at radius 2 is 2.04 bits per heavy atom. The smallest absolute Gasteiger partial charge is 0.256 e. The monoisotopic (exact) mass is 358 g/mol. The maximum Gasteiger partial charge on any atom is 0.256 e. The molecule has 1 aromatic carbocycles. The van der Waals surface area contributed by atoms with E-state index in [1.807, 2.05) is 19.1 Å². The Bertz CT molecular complexity index is 775. The van der Waals surface area contributed by atoms with E-state index in [0.29, 0.717) is 19.1 Å². The van der Waals surface area contributed by atoms with Crippen molar-refractivity contribution in [2.24, 2.45) is 0 Å². The predicted octanol–water partition coefficient (Wildman–Crippen LogP) is 3.92. The van der Waals surface area contributed by atoms with Gasteiger partial charge in [0, 0.05) is 35.7 Å². The molecule has 1 aliphatic carbocycles. The van der Waals surface area contributed by atoms with Gasteiger partial charge in [-0.05, 0) is 44.9 Å². The van der Waals surface area contributed by atoms with Gasteiger partial charge in [0.1, 0.15) is 5.75 Å². The standard InChI is InChI=1S/C21H30N2O3/c1-4-22(12-13-24)21(25)20-15(2)23(16-8-6-5-7-9-16)19-11-10-17(26-3)14-18(19)20/h10-11,14,16,24H,4-9,12-13H2,1-3H3. The van der Waals surface area contributed by atoms with Gasteiger partial charge in [0.2, 0.25) is 0 Å². The van der Waals surface area contributed by atoms with Crippen molar-refractivity contribution in [2.75, 3.05) is 26.8 Å². The number of hydrogen-bond donors (Lipinski definition) is 1. The zero-order valence-electron chi connectivity index (χ0n) is 16.1. The summed E-state index contributed by atoms with van der Waals surface area (Å²) in [4.78, 5) is 15.0. The topological polar surface area (TPSA) is 54.7 Å². The number of aromatic nitrogens is 1. The van der Waals surface area contributed by atoms with E-state index in [4.69, 9.17) is 4.74 Å². The number of carbonyl (C=O) groups excluding carboxylic acids is 1. The van der Waals surface area contributed by atoms with Crippen LogP contribution in [0.2, 0.25) is 0 Å². The summed E-state index contributed by atoms with van der Waals surface area (Å²) in [5, 5.41) is 10.3. The van der Waals surface area contributed by atoms with Crippen molar-refractivity contribution in [2.45, 2.75) is 52.0 Å². The Morgan fingerprint density at radius 1 is 1.31 bits per heavy atom. The van der Waals surface area contributed by atoms with Crippen LogP contribution in [-0.2, 0) is 0 Å². The number of likely N-dealkylation sites (N-methyl/N-ethyl adjacent to an activating group) is 1. The number of aliphatic hydroxyl groups excluding tert-OH is 1. The minimum absolute atomic E-state index is 0.00753. The molecule has 1 fully saturated rings. The normalized spacial score (nSPS) is 15.4. The maximum absolute atomic E-state index is 13.3. The fourth-order valence-corrected chi connectivity index (χ4v) is 4.31. The van der Waals surface area contributed by atoms with Crippen molar-refractivity contribution in [3.05, 3.63) is 29.5 Å². The molecular formula is C21H30N2O3. The second kappa shape index (κ2) is 8.12. The highest BCUT2D eigenvalue weighted by Crippen LogP contribution is 2.37. The van der Waals surface area contributed by atoms with Crippen molar-refractivity contribution in [1.29, 1.82) is 0 Å². The molecule has 0 unspecified atom stereocenters. The zero-order chi connectivity index (χ0) is 18.7. The van der Waals surface area contributed by atoms with Crippen molar-refractivity contribution in [3.8, 4) is 5.75 Å². The molecule has 1 amide bonds.